The summed E-state index contributed by atoms with van der Waals surface area (Å²) in [6, 6.07) is -0.268. The summed E-state index contributed by atoms with van der Waals surface area (Å²) in [5, 5.41) is 10.8. The summed E-state index contributed by atoms with van der Waals surface area (Å²) in [6.45, 7) is 4.27. The number of amides is 2. The molecule has 180 valence electrons. The van der Waals surface area contributed by atoms with E-state index in [1.165, 1.54) is 11.2 Å². The lowest BCUT2D eigenvalue weighted by atomic mass is 10.0. The number of anilines is 1. The van der Waals surface area contributed by atoms with Crippen LogP contribution in [-0.4, -0.2) is 69.7 Å². The number of hydrogen-bond acceptors (Lipinski definition) is 7. The van der Waals surface area contributed by atoms with E-state index >= 15 is 0 Å². The van der Waals surface area contributed by atoms with Crippen molar-refractivity contribution in [2.75, 3.05) is 31.5 Å². The Balaban J connectivity index is 1.45. The van der Waals surface area contributed by atoms with Crippen LogP contribution in [0.1, 0.15) is 44.9 Å². The topological polar surface area (TPSA) is 111 Å². The number of hydrogen-bond donors (Lipinski definition) is 4. The molecule has 2 amide bonds. The zero-order valence-electron chi connectivity index (χ0n) is 18.9. The van der Waals surface area contributed by atoms with Crippen LogP contribution in [0.25, 0.3) is 5.57 Å². The van der Waals surface area contributed by atoms with E-state index in [0.717, 1.165) is 43.3 Å². The van der Waals surface area contributed by atoms with E-state index in [-0.39, 0.29) is 29.4 Å². The fraction of sp³-hybridized carbons (Fsp3) is 0.591. The van der Waals surface area contributed by atoms with E-state index in [4.69, 9.17) is 17.4 Å². The van der Waals surface area contributed by atoms with Crippen LogP contribution in [0, 0.1) is 5.82 Å². The Labute approximate surface area is 198 Å². The van der Waals surface area contributed by atoms with Crippen LogP contribution in [0.4, 0.5) is 15.0 Å². The quantitative estimate of drug-likeness (QED) is 0.206. The summed E-state index contributed by atoms with van der Waals surface area (Å²) in [5.74, 6) is 5.98. The van der Waals surface area contributed by atoms with Crippen LogP contribution in [0.3, 0.4) is 0 Å². The van der Waals surface area contributed by atoms with Crippen LogP contribution < -0.4 is 21.8 Å². The number of aromatic nitrogens is 2. The second kappa shape index (κ2) is 10.7. The summed E-state index contributed by atoms with van der Waals surface area (Å²) < 4.78 is 14.5. The van der Waals surface area contributed by atoms with Gasteiger partial charge in [0.05, 0.1) is 17.6 Å². The number of alkyl halides is 1. The lowest BCUT2D eigenvalue weighted by Gasteiger charge is -2.38. The fourth-order valence-electron chi connectivity index (χ4n) is 4.42. The Hall–Kier alpha value is -2.43. The number of hydrazine groups is 1. The first-order chi connectivity index (χ1) is 16.0. The van der Waals surface area contributed by atoms with Crippen LogP contribution in [-0.2, 0) is 0 Å². The zero-order chi connectivity index (χ0) is 23.4. The van der Waals surface area contributed by atoms with Crippen molar-refractivity contribution in [3.63, 3.8) is 0 Å². The molecule has 0 aromatic carbocycles. The van der Waals surface area contributed by atoms with Crippen molar-refractivity contribution in [3.05, 3.63) is 35.7 Å². The first-order valence-corrected chi connectivity index (χ1v) is 12.1. The Kier molecular flexibility index (Phi) is 7.67. The average Bonchev–Trinajstić information content (AvgIpc) is 3.24. The number of piperidine rings is 1. The van der Waals surface area contributed by atoms with Gasteiger partial charge in [-0.2, -0.15) is 0 Å². The van der Waals surface area contributed by atoms with Crippen molar-refractivity contribution >= 4 is 29.0 Å². The Bertz CT molecular complexity index is 926. The summed E-state index contributed by atoms with van der Waals surface area (Å²) in [4.78, 5) is 23.3. The molecule has 1 aromatic rings. The SMILES string of the molecule is CCCCN(N)C(=O)N1CCCC[C@@H]1CNc1nc(C2=CNC3NCC(Cl)C=C23)ncc1F. The predicted octanol–water partition coefficient (Wildman–Crippen LogP) is 2.39. The number of urea groups is 1. The number of carbonyl (C=O) groups is 1. The van der Waals surface area contributed by atoms with Gasteiger partial charge in [-0.05, 0) is 31.3 Å². The van der Waals surface area contributed by atoms with Crippen molar-refractivity contribution in [2.45, 2.75) is 56.6 Å². The van der Waals surface area contributed by atoms with Gasteiger partial charge in [-0.15, -0.1) is 11.6 Å². The number of nitrogens with two attached hydrogens (primary N) is 1. The van der Waals surface area contributed by atoms with Gasteiger partial charge in [-0.3, -0.25) is 10.3 Å². The molecular formula is C22H32ClFN8O. The highest BCUT2D eigenvalue weighted by molar-refractivity contribution is 6.22. The minimum atomic E-state index is -0.537. The lowest BCUT2D eigenvalue weighted by molar-refractivity contribution is 0.118. The van der Waals surface area contributed by atoms with Gasteiger partial charge in [-0.25, -0.2) is 25.0 Å². The summed E-state index contributed by atoms with van der Waals surface area (Å²) in [5.41, 5.74) is 1.74. The highest BCUT2D eigenvalue weighted by Crippen LogP contribution is 2.30. The van der Waals surface area contributed by atoms with E-state index in [1.54, 1.807) is 4.90 Å². The molecule has 3 aliphatic rings. The summed E-state index contributed by atoms with van der Waals surface area (Å²) >= 11 is 6.27. The second-order valence-electron chi connectivity index (χ2n) is 8.65. The predicted molar refractivity (Wildman–Crippen MR) is 127 cm³/mol. The number of unbranched alkanes of at least 4 members (excludes halogenated alkanes) is 1. The molecule has 1 fully saturated rings. The van der Waals surface area contributed by atoms with Gasteiger partial charge in [0.15, 0.2) is 17.5 Å². The van der Waals surface area contributed by atoms with E-state index in [9.17, 15) is 9.18 Å². The molecular weight excluding hydrogens is 447 g/mol. The molecule has 3 atom stereocenters. The van der Waals surface area contributed by atoms with Gasteiger partial charge in [0, 0.05) is 38.0 Å². The van der Waals surface area contributed by atoms with Crippen LogP contribution in [0.5, 0.6) is 0 Å². The van der Waals surface area contributed by atoms with E-state index in [1.807, 2.05) is 12.3 Å². The van der Waals surface area contributed by atoms with Crippen molar-refractivity contribution in [1.82, 2.24) is 30.5 Å². The van der Waals surface area contributed by atoms with E-state index in [2.05, 4.69) is 32.8 Å². The van der Waals surface area contributed by atoms with Crippen LogP contribution in [0.15, 0.2) is 24.0 Å². The van der Waals surface area contributed by atoms with Crippen molar-refractivity contribution < 1.29 is 9.18 Å². The third-order valence-electron chi connectivity index (χ3n) is 6.25. The van der Waals surface area contributed by atoms with Gasteiger partial charge >= 0.3 is 6.03 Å². The van der Waals surface area contributed by atoms with Crippen molar-refractivity contribution in [2.24, 2.45) is 5.84 Å². The number of rotatable bonds is 7. The molecule has 4 rings (SSSR count). The van der Waals surface area contributed by atoms with Gasteiger partial charge in [0.2, 0.25) is 0 Å². The van der Waals surface area contributed by atoms with Crippen LogP contribution >= 0.6 is 11.6 Å². The Morgan fingerprint density at radius 1 is 1.45 bits per heavy atom. The maximum absolute atomic E-state index is 14.5. The van der Waals surface area contributed by atoms with Gasteiger partial charge in [0.25, 0.3) is 0 Å². The highest BCUT2D eigenvalue weighted by Gasteiger charge is 2.31. The summed E-state index contributed by atoms with van der Waals surface area (Å²) in [7, 11) is 0. The van der Waals surface area contributed by atoms with Gasteiger partial charge in [-0.1, -0.05) is 19.4 Å². The zero-order valence-corrected chi connectivity index (χ0v) is 19.6. The molecule has 0 aliphatic carbocycles. The summed E-state index contributed by atoms with van der Waals surface area (Å²) in [6.07, 6.45) is 9.50. The molecule has 9 nitrogen and oxygen atoms in total. The normalized spacial score (nSPS) is 24.5. The average molecular weight is 479 g/mol. The van der Waals surface area contributed by atoms with Gasteiger partial charge in [0.1, 0.15) is 6.17 Å². The maximum Gasteiger partial charge on any atom is 0.334 e. The molecule has 4 heterocycles. The Morgan fingerprint density at radius 3 is 3.12 bits per heavy atom. The first-order valence-electron chi connectivity index (χ1n) is 11.6. The number of nitrogens with zero attached hydrogens (tertiary/aromatic N) is 4. The molecule has 0 spiro atoms. The molecule has 2 unspecified atom stereocenters. The first kappa shape index (κ1) is 23.7. The van der Waals surface area contributed by atoms with Crippen molar-refractivity contribution in [1.29, 1.82) is 0 Å². The number of nitrogens with one attached hydrogen (secondary N) is 3. The highest BCUT2D eigenvalue weighted by atomic mass is 35.5. The molecule has 3 aliphatic heterocycles. The van der Waals surface area contributed by atoms with Gasteiger partial charge < -0.3 is 15.5 Å². The minimum absolute atomic E-state index is 0.0474. The lowest BCUT2D eigenvalue weighted by Crippen LogP contribution is -2.54. The number of fused-ring (bicyclic) bond motifs is 1. The molecule has 0 saturated carbocycles. The maximum atomic E-state index is 14.5. The Morgan fingerprint density at radius 2 is 2.30 bits per heavy atom. The molecule has 0 bridgehead atoms. The number of likely N-dealkylation sites (tertiary alicyclic amines) is 1. The van der Waals surface area contributed by atoms with Crippen LogP contribution in [0.2, 0.25) is 0 Å². The molecule has 5 N–H and O–H groups in total. The largest absolute Gasteiger partial charge is 0.371 e. The fourth-order valence-corrected chi connectivity index (χ4v) is 4.64. The second-order valence-corrected chi connectivity index (χ2v) is 9.21. The molecule has 11 heteroatoms. The molecule has 33 heavy (non-hydrogen) atoms. The molecule has 1 aromatic heterocycles. The van der Waals surface area contributed by atoms with E-state index in [0.29, 0.717) is 32.0 Å². The smallest absolute Gasteiger partial charge is 0.334 e. The monoisotopic (exact) mass is 478 g/mol. The number of halogens is 2. The van der Waals surface area contributed by atoms with Crippen molar-refractivity contribution in [3.8, 4) is 0 Å². The minimum Gasteiger partial charge on any atom is -0.371 e. The number of carbonyl (C=O) groups excluding carboxylic acids is 1. The molecule has 1 saturated heterocycles. The third kappa shape index (κ3) is 5.39. The third-order valence-corrected chi connectivity index (χ3v) is 6.54. The van der Waals surface area contributed by atoms with E-state index < -0.39 is 5.82 Å². The molecule has 0 radical (unpaired) electrons. The standard InChI is InChI=1S/C22H32ClFN8O/c1-2-3-8-32(25)22(33)31-7-5-4-6-15(31)11-27-21-18(24)13-29-20(30-21)17-12-28-19-16(17)9-14(23)10-26-19/h9,12-15,19,26,28H,2-8,10-11,25H2,1H3,(H,27,29,30)/t14?,15-,19?/m1/s1.